The summed E-state index contributed by atoms with van der Waals surface area (Å²) in [6, 6.07) is 3.52. The highest BCUT2D eigenvalue weighted by atomic mass is 16.4. The van der Waals surface area contributed by atoms with Gasteiger partial charge in [0.05, 0.1) is 24.8 Å². The van der Waals surface area contributed by atoms with E-state index in [1.807, 2.05) is 0 Å². The van der Waals surface area contributed by atoms with Gasteiger partial charge in [-0.2, -0.15) is 0 Å². The molecule has 0 fully saturated rings. The number of carboxylic acids is 1. The van der Waals surface area contributed by atoms with E-state index < -0.39 is 16.9 Å². The summed E-state index contributed by atoms with van der Waals surface area (Å²) in [6.07, 6.45) is 1.54. The molecule has 1 rings (SSSR count). The molecule has 0 unspecified atom stereocenters. The molecule has 1 aromatic rings. The van der Waals surface area contributed by atoms with Crippen LogP contribution in [0.25, 0.3) is 0 Å². The number of furan rings is 1. The van der Waals surface area contributed by atoms with Gasteiger partial charge < -0.3 is 20.2 Å². The second kappa shape index (κ2) is 6.09. The van der Waals surface area contributed by atoms with E-state index in [9.17, 15) is 14.7 Å². The van der Waals surface area contributed by atoms with Gasteiger partial charge in [-0.3, -0.25) is 9.59 Å². The lowest BCUT2D eigenvalue weighted by molar-refractivity contribution is -0.151. The molecule has 0 saturated heterocycles. The molecule has 0 aliphatic carbocycles. The van der Waals surface area contributed by atoms with E-state index in [-0.39, 0.29) is 12.5 Å². The molecule has 6 nitrogen and oxygen atoms in total. The van der Waals surface area contributed by atoms with Crippen LogP contribution in [0.1, 0.15) is 33.5 Å². The maximum Gasteiger partial charge on any atom is 0.310 e. The van der Waals surface area contributed by atoms with Crippen molar-refractivity contribution in [3.63, 3.8) is 0 Å². The normalized spacial score (nSPS) is 12.2. The predicted molar refractivity (Wildman–Crippen MR) is 74.1 cm³/mol. The first-order chi connectivity index (χ1) is 9.17. The molecule has 20 heavy (non-hydrogen) atoms. The zero-order valence-corrected chi connectivity index (χ0v) is 12.3. The van der Waals surface area contributed by atoms with E-state index in [1.165, 1.54) is 6.26 Å². The summed E-state index contributed by atoms with van der Waals surface area (Å²) in [6.45, 7) is 7.15. The number of nitrogens with one attached hydrogen (secondary N) is 2. The van der Waals surface area contributed by atoms with Crippen molar-refractivity contribution in [1.82, 2.24) is 10.6 Å². The zero-order valence-electron chi connectivity index (χ0n) is 12.3. The van der Waals surface area contributed by atoms with Crippen LogP contribution in [0.4, 0.5) is 0 Å². The Bertz CT molecular complexity index is 464. The first-order valence-corrected chi connectivity index (χ1v) is 6.44. The van der Waals surface area contributed by atoms with E-state index in [0.717, 1.165) is 0 Å². The van der Waals surface area contributed by atoms with Crippen molar-refractivity contribution in [3.05, 3.63) is 24.2 Å². The van der Waals surface area contributed by atoms with Crippen LogP contribution in [0.5, 0.6) is 0 Å². The third-order valence-electron chi connectivity index (χ3n) is 3.83. The Morgan fingerprint density at radius 1 is 1.30 bits per heavy atom. The fourth-order valence-electron chi connectivity index (χ4n) is 1.45. The molecule has 0 saturated carbocycles. The molecule has 0 aromatic carbocycles. The minimum absolute atomic E-state index is 0.0461. The number of carbonyl (C=O) groups is 2. The van der Waals surface area contributed by atoms with Gasteiger partial charge in [-0.05, 0) is 39.8 Å². The minimum Gasteiger partial charge on any atom is -0.481 e. The molecule has 0 radical (unpaired) electrons. The van der Waals surface area contributed by atoms with Gasteiger partial charge in [-0.1, -0.05) is 0 Å². The second-order valence-electron chi connectivity index (χ2n) is 5.76. The second-order valence-corrected chi connectivity index (χ2v) is 5.76. The molecule has 0 aliphatic rings. The first kappa shape index (κ1) is 16.2. The number of carboxylic acid groups (broad SMARTS) is 1. The van der Waals surface area contributed by atoms with Gasteiger partial charge in [-0.15, -0.1) is 0 Å². The van der Waals surface area contributed by atoms with Crippen LogP contribution in [0.2, 0.25) is 0 Å². The minimum atomic E-state index is -0.992. The van der Waals surface area contributed by atoms with Crippen LogP contribution in [0.15, 0.2) is 22.8 Å². The molecular formula is C14H22N2O4. The fourth-order valence-corrected chi connectivity index (χ4v) is 1.45. The molecule has 1 heterocycles. The van der Waals surface area contributed by atoms with Crippen molar-refractivity contribution in [2.45, 2.75) is 39.8 Å². The van der Waals surface area contributed by atoms with Gasteiger partial charge >= 0.3 is 5.97 Å². The van der Waals surface area contributed by atoms with Gasteiger partial charge in [0.25, 0.3) is 0 Å². The molecular weight excluding hydrogens is 260 g/mol. The van der Waals surface area contributed by atoms with E-state index in [1.54, 1.807) is 39.8 Å². The van der Waals surface area contributed by atoms with Crippen molar-refractivity contribution in [3.8, 4) is 0 Å². The lowest BCUT2D eigenvalue weighted by Crippen LogP contribution is -2.57. The third kappa shape index (κ3) is 3.84. The maximum absolute atomic E-state index is 11.7. The number of rotatable bonds is 7. The summed E-state index contributed by atoms with van der Waals surface area (Å²) in [7, 11) is 0. The highest BCUT2D eigenvalue weighted by Gasteiger charge is 2.43. The van der Waals surface area contributed by atoms with E-state index in [0.29, 0.717) is 12.3 Å². The molecule has 1 aromatic heterocycles. The molecule has 3 N–H and O–H groups in total. The number of aliphatic carboxylic acids is 1. The van der Waals surface area contributed by atoms with Crippen LogP contribution < -0.4 is 10.6 Å². The van der Waals surface area contributed by atoms with E-state index in [2.05, 4.69) is 10.6 Å². The monoisotopic (exact) mass is 282 g/mol. The number of amides is 1. The Labute approximate surface area is 118 Å². The Balaban J connectivity index is 2.45. The van der Waals surface area contributed by atoms with Gasteiger partial charge in [0.2, 0.25) is 5.91 Å². The zero-order chi connectivity index (χ0) is 15.4. The van der Waals surface area contributed by atoms with Gasteiger partial charge in [0.15, 0.2) is 0 Å². The molecule has 6 heteroatoms. The van der Waals surface area contributed by atoms with E-state index in [4.69, 9.17) is 4.42 Å². The summed E-state index contributed by atoms with van der Waals surface area (Å²) >= 11 is 0. The van der Waals surface area contributed by atoms with Crippen LogP contribution in [-0.4, -0.2) is 29.1 Å². The summed E-state index contributed by atoms with van der Waals surface area (Å²) in [5, 5.41) is 14.9. The van der Waals surface area contributed by atoms with Crippen LogP contribution in [-0.2, 0) is 16.1 Å². The van der Waals surface area contributed by atoms with Gasteiger partial charge in [0, 0.05) is 5.54 Å². The lowest BCUT2D eigenvalue weighted by Gasteiger charge is -2.38. The van der Waals surface area contributed by atoms with Crippen molar-refractivity contribution in [2.75, 3.05) is 6.54 Å². The molecule has 0 atom stereocenters. The maximum atomic E-state index is 11.7. The van der Waals surface area contributed by atoms with Crippen molar-refractivity contribution in [2.24, 2.45) is 5.41 Å². The van der Waals surface area contributed by atoms with Crippen LogP contribution in [0.3, 0.4) is 0 Å². The predicted octanol–water partition coefficient (Wildman–Crippen LogP) is 1.37. The average molecular weight is 282 g/mol. The first-order valence-electron chi connectivity index (χ1n) is 6.44. The van der Waals surface area contributed by atoms with Crippen LogP contribution in [0, 0.1) is 5.41 Å². The quantitative estimate of drug-likeness (QED) is 0.702. The third-order valence-corrected chi connectivity index (χ3v) is 3.83. The Kier molecular flexibility index (Phi) is 4.94. The standard InChI is InChI=1S/C14H22N2O4/c1-13(2,12(18)19)14(3,4)16-9-11(17)15-8-10-6-5-7-20-10/h5-7,16H,8-9H2,1-4H3,(H,15,17)(H,18,19). The van der Waals surface area contributed by atoms with Gasteiger partial charge in [0.1, 0.15) is 5.76 Å². The summed E-state index contributed by atoms with van der Waals surface area (Å²) in [5.41, 5.74) is -1.71. The fraction of sp³-hybridized carbons (Fsp3) is 0.571. The van der Waals surface area contributed by atoms with E-state index >= 15 is 0 Å². The molecule has 0 aliphatic heterocycles. The van der Waals surface area contributed by atoms with Crippen LogP contribution >= 0.6 is 0 Å². The Morgan fingerprint density at radius 2 is 1.95 bits per heavy atom. The van der Waals surface area contributed by atoms with Gasteiger partial charge in [-0.25, -0.2) is 0 Å². The van der Waals surface area contributed by atoms with Crippen molar-refractivity contribution < 1.29 is 19.1 Å². The highest BCUT2D eigenvalue weighted by molar-refractivity contribution is 5.79. The Morgan fingerprint density at radius 3 is 2.45 bits per heavy atom. The summed E-state index contributed by atoms with van der Waals surface area (Å²) in [4.78, 5) is 23.0. The topological polar surface area (TPSA) is 91.6 Å². The summed E-state index contributed by atoms with van der Waals surface area (Å²) in [5.74, 6) is -0.454. The average Bonchev–Trinajstić information content (AvgIpc) is 2.86. The summed E-state index contributed by atoms with van der Waals surface area (Å²) < 4.78 is 5.10. The highest BCUT2D eigenvalue weighted by Crippen LogP contribution is 2.30. The molecule has 1 amide bonds. The number of carbonyl (C=O) groups excluding carboxylic acids is 1. The smallest absolute Gasteiger partial charge is 0.310 e. The molecule has 0 spiro atoms. The SMILES string of the molecule is CC(C)(NCC(=O)NCc1ccco1)C(C)(C)C(=O)O. The largest absolute Gasteiger partial charge is 0.481 e. The number of hydrogen-bond donors (Lipinski definition) is 3. The van der Waals surface area contributed by atoms with Crippen molar-refractivity contribution in [1.29, 1.82) is 0 Å². The number of hydrogen-bond acceptors (Lipinski definition) is 4. The Hall–Kier alpha value is -1.82. The molecule has 0 bridgehead atoms. The lowest BCUT2D eigenvalue weighted by atomic mass is 9.74. The molecule has 112 valence electrons. The van der Waals surface area contributed by atoms with Crippen molar-refractivity contribution >= 4 is 11.9 Å².